The summed E-state index contributed by atoms with van der Waals surface area (Å²) in [5, 5.41) is 5.72. The zero-order valence-electron chi connectivity index (χ0n) is 10.6. The summed E-state index contributed by atoms with van der Waals surface area (Å²) < 4.78 is 10.6. The number of aryl methyl sites for hydroxylation is 1. The van der Waals surface area contributed by atoms with Gasteiger partial charge in [0, 0.05) is 13.7 Å². The second-order valence-electron chi connectivity index (χ2n) is 3.88. The number of amides is 1. The van der Waals surface area contributed by atoms with Crippen LogP contribution in [0.5, 0.6) is 0 Å². The van der Waals surface area contributed by atoms with Gasteiger partial charge in [0.25, 0.3) is 0 Å². The van der Waals surface area contributed by atoms with Gasteiger partial charge in [-0.15, -0.1) is 0 Å². The van der Waals surface area contributed by atoms with E-state index in [-0.39, 0.29) is 11.9 Å². The number of furan rings is 1. The fourth-order valence-electron chi connectivity index (χ4n) is 1.57. The minimum Gasteiger partial charge on any atom is -0.464 e. The zero-order chi connectivity index (χ0) is 12.7. The van der Waals surface area contributed by atoms with Crippen LogP contribution in [0.25, 0.3) is 0 Å². The molecule has 0 aliphatic rings. The van der Waals surface area contributed by atoms with Gasteiger partial charge < -0.3 is 19.8 Å². The fraction of sp³-hybridized carbons (Fsp3) is 0.583. The SMILES string of the molecule is CNCC(=O)NC(CCOC)c1ccc(C)o1. The van der Waals surface area contributed by atoms with Crippen LogP contribution in [0.3, 0.4) is 0 Å². The third kappa shape index (κ3) is 4.58. The normalized spacial score (nSPS) is 12.4. The first kappa shape index (κ1) is 13.7. The molecule has 0 fully saturated rings. The van der Waals surface area contributed by atoms with Crippen LogP contribution in [0, 0.1) is 6.92 Å². The van der Waals surface area contributed by atoms with Crippen LogP contribution in [0.2, 0.25) is 0 Å². The van der Waals surface area contributed by atoms with Crippen molar-refractivity contribution in [1.29, 1.82) is 0 Å². The molecule has 0 radical (unpaired) electrons. The second-order valence-corrected chi connectivity index (χ2v) is 3.88. The maximum absolute atomic E-state index is 11.5. The molecule has 0 saturated carbocycles. The summed E-state index contributed by atoms with van der Waals surface area (Å²) in [5.74, 6) is 1.55. The molecule has 0 spiro atoms. The van der Waals surface area contributed by atoms with Crippen LogP contribution >= 0.6 is 0 Å². The molecule has 1 heterocycles. The smallest absolute Gasteiger partial charge is 0.234 e. The van der Waals surface area contributed by atoms with Gasteiger partial charge in [-0.1, -0.05) is 0 Å². The van der Waals surface area contributed by atoms with Crippen LogP contribution in [0.1, 0.15) is 24.0 Å². The average Bonchev–Trinajstić information content (AvgIpc) is 2.71. The number of ether oxygens (including phenoxy) is 1. The first-order chi connectivity index (χ1) is 8.17. The van der Waals surface area contributed by atoms with E-state index >= 15 is 0 Å². The lowest BCUT2D eigenvalue weighted by Crippen LogP contribution is -2.35. The Morgan fingerprint density at radius 1 is 1.53 bits per heavy atom. The Balaban J connectivity index is 2.63. The van der Waals surface area contributed by atoms with Crippen molar-refractivity contribution in [3.63, 3.8) is 0 Å². The Labute approximate surface area is 102 Å². The summed E-state index contributed by atoms with van der Waals surface area (Å²) in [6.45, 7) is 2.75. The fourth-order valence-corrected chi connectivity index (χ4v) is 1.57. The quantitative estimate of drug-likeness (QED) is 0.746. The third-order valence-electron chi connectivity index (χ3n) is 2.39. The first-order valence-corrected chi connectivity index (χ1v) is 5.66. The zero-order valence-corrected chi connectivity index (χ0v) is 10.6. The summed E-state index contributed by atoms with van der Waals surface area (Å²) in [7, 11) is 3.38. The number of hydrogen-bond acceptors (Lipinski definition) is 4. The molecule has 0 aliphatic carbocycles. The van der Waals surface area contributed by atoms with Gasteiger partial charge in [-0.3, -0.25) is 4.79 Å². The van der Waals surface area contributed by atoms with Gasteiger partial charge in [0.05, 0.1) is 12.6 Å². The van der Waals surface area contributed by atoms with Gasteiger partial charge in [0.1, 0.15) is 11.5 Å². The van der Waals surface area contributed by atoms with Crippen molar-refractivity contribution in [3.05, 3.63) is 23.7 Å². The highest BCUT2D eigenvalue weighted by Gasteiger charge is 2.17. The average molecular weight is 240 g/mol. The summed E-state index contributed by atoms with van der Waals surface area (Å²) in [6, 6.07) is 3.64. The molecule has 1 aromatic rings. The van der Waals surface area contributed by atoms with E-state index in [2.05, 4.69) is 10.6 Å². The second kappa shape index (κ2) is 7.09. The van der Waals surface area contributed by atoms with Crippen molar-refractivity contribution in [2.45, 2.75) is 19.4 Å². The lowest BCUT2D eigenvalue weighted by Gasteiger charge is -2.16. The molecule has 0 bridgehead atoms. The highest BCUT2D eigenvalue weighted by atomic mass is 16.5. The van der Waals surface area contributed by atoms with E-state index in [1.807, 2.05) is 19.1 Å². The molecule has 1 amide bonds. The topological polar surface area (TPSA) is 63.5 Å². The van der Waals surface area contributed by atoms with Crippen LogP contribution < -0.4 is 10.6 Å². The van der Waals surface area contributed by atoms with Gasteiger partial charge >= 0.3 is 0 Å². The molecular formula is C12H20N2O3. The lowest BCUT2D eigenvalue weighted by molar-refractivity contribution is -0.121. The minimum absolute atomic E-state index is 0.0531. The Hall–Kier alpha value is -1.33. The summed E-state index contributed by atoms with van der Waals surface area (Å²) in [5.41, 5.74) is 0. The standard InChI is InChI=1S/C12H20N2O3/c1-9-4-5-11(17-9)10(6-7-16-3)14-12(15)8-13-2/h4-5,10,13H,6-8H2,1-3H3,(H,14,15). The van der Waals surface area contributed by atoms with Crippen molar-refractivity contribution in [1.82, 2.24) is 10.6 Å². The Morgan fingerprint density at radius 3 is 2.82 bits per heavy atom. The summed E-state index contributed by atoms with van der Waals surface area (Å²) in [6.07, 6.45) is 0.693. The van der Waals surface area contributed by atoms with Crippen LogP contribution in [0.15, 0.2) is 16.5 Å². The molecule has 0 aliphatic heterocycles. The van der Waals surface area contributed by atoms with Crippen LogP contribution in [0.4, 0.5) is 0 Å². The van der Waals surface area contributed by atoms with Gasteiger partial charge in [0.15, 0.2) is 0 Å². The van der Waals surface area contributed by atoms with Crippen LogP contribution in [-0.2, 0) is 9.53 Å². The highest BCUT2D eigenvalue weighted by Crippen LogP contribution is 2.19. The Kier molecular flexibility index (Phi) is 5.72. The van der Waals surface area contributed by atoms with Crippen molar-refractivity contribution >= 4 is 5.91 Å². The Morgan fingerprint density at radius 2 is 2.29 bits per heavy atom. The van der Waals surface area contributed by atoms with E-state index in [1.165, 1.54) is 0 Å². The molecule has 1 atom stereocenters. The van der Waals surface area contributed by atoms with Gasteiger partial charge in [-0.2, -0.15) is 0 Å². The lowest BCUT2D eigenvalue weighted by atomic mass is 10.1. The maximum Gasteiger partial charge on any atom is 0.234 e. The molecule has 17 heavy (non-hydrogen) atoms. The summed E-state index contributed by atoms with van der Waals surface area (Å²) in [4.78, 5) is 11.5. The van der Waals surface area contributed by atoms with Crippen molar-refractivity contribution < 1.29 is 13.9 Å². The van der Waals surface area contributed by atoms with Gasteiger partial charge in [0.2, 0.25) is 5.91 Å². The number of hydrogen-bond donors (Lipinski definition) is 2. The predicted molar refractivity (Wildman–Crippen MR) is 64.7 cm³/mol. The maximum atomic E-state index is 11.5. The van der Waals surface area contributed by atoms with E-state index in [9.17, 15) is 4.79 Å². The largest absolute Gasteiger partial charge is 0.464 e. The highest BCUT2D eigenvalue weighted by molar-refractivity contribution is 5.78. The number of methoxy groups -OCH3 is 1. The number of likely N-dealkylation sites (N-methyl/N-ethyl adjacent to an activating group) is 1. The van der Waals surface area contributed by atoms with Gasteiger partial charge in [-0.25, -0.2) is 0 Å². The summed E-state index contributed by atoms with van der Waals surface area (Å²) >= 11 is 0. The molecule has 0 saturated heterocycles. The molecule has 5 heteroatoms. The molecule has 5 nitrogen and oxygen atoms in total. The minimum atomic E-state index is -0.135. The van der Waals surface area contributed by atoms with E-state index < -0.39 is 0 Å². The number of nitrogens with one attached hydrogen (secondary N) is 2. The number of carbonyl (C=O) groups excluding carboxylic acids is 1. The van der Waals surface area contributed by atoms with Crippen molar-refractivity contribution in [3.8, 4) is 0 Å². The van der Waals surface area contributed by atoms with Crippen LogP contribution in [-0.4, -0.2) is 33.2 Å². The molecule has 2 N–H and O–H groups in total. The monoisotopic (exact) mass is 240 g/mol. The van der Waals surface area contributed by atoms with E-state index in [0.29, 0.717) is 19.6 Å². The number of carbonyl (C=O) groups is 1. The molecule has 1 unspecified atom stereocenters. The Bertz CT molecular complexity index is 349. The molecule has 96 valence electrons. The molecule has 1 rings (SSSR count). The number of rotatable bonds is 7. The van der Waals surface area contributed by atoms with E-state index in [0.717, 1.165) is 11.5 Å². The van der Waals surface area contributed by atoms with Crippen molar-refractivity contribution in [2.24, 2.45) is 0 Å². The van der Waals surface area contributed by atoms with E-state index in [1.54, 1.807) is 14.2 Å². The molecule has 0 aromatic carbocycles. The van der Waals surface area contributed by atoms with Gasteiger partial charge in [-0.05, 0) is 32.5 Å². The van der Waals surface area contributed by atoms with Crippen molar-refractivity contribution in [2.75, 3.05) is 27.3 Å². The van der Waals surface area contributed by atoms with E-state index in [4.69, 9.17) is 9.15 Å². The first-order valence-electron chi connectivity index (χ1n) is 5.66. The molecule has 1 aromatic heterocycles. The predicted octanol–water partition coefficient (Wildman–Crippen LogP) is 1.00. The third-order valence-corrected chi connectivity index (χ3v) is 2.39. The molecular weight excluding hydrogens is 220 g/mol.